The van der Waals surface area contributed by atoms with E-state index in [0.717, 1.165) is 31.9 Å². The van der Waals surface area contributed by atoms with Crippen molar-refractivity contribution in [1.82, 2.24) is 4.90 Å². The normalized spacial score (nSPS) is 17.7. The summed E-state index contributed by atoms with van der Waals surface area (Å²) in [5.74, 6) is 0. The number of anilines is 2. The molecule has 1 aliphatic rings. The third-order valence-electron chi connectivity index (χ3n) is 3.72. The molecule has 6 nitrogen and oxygen atoms in total. The molecule has 112 valence electrons. The molecule has 0 saturated carbocycles. The van der Waals surface area contributed by atoms with Gasteiger partial charge in [0.2, 0.25) is 10.0 Å². The molecule has 0 amide bonds. The lowest BCUT2D eigenvalue weighted by Crippen LogP contribution is -2.49. The first kappa shape index (κ1) is 15.1. The number of hydrogen-bond donors (Lipinski definition) is 2. The monoisotopic (exact) mass is 298 g/mol. The topological polar surface area (TPSA) is 92.7 Å². The van der Waals surface area contributed by atoms with Crippen LogP contribution in [-0.2, 0) is 10.0 Å². The van der Waals surface area contributed by atoms with Crippen LogP contribution in [0, 0.1) is 0 Å². The summed E-state index contributed by atoms with van der Waals surface area (Å²) in [7, 11) is -3.70. The molecule has 20 heavy (non-hydrogen) atoms. The van der Waals surface area contributed by atoms with Crippen LogP contribution in [0.5, 0.6) is 0 Å². The van der Waals surface area contributed by atoms with Gasteiger partial charge in [-0.25, -0.2) is 13.6 Å². The fourth-order valence-corrected chi connectivity index (χ4v) is 2.99. The number of benzene rings is 1. The molecule has 1 saturated heterocycles. The van der Waals surface area contributed by atoms with E-state index in [9.17, 15) is 8.42 Å². The van der Waals surface area contributed by atoms with Gasteiger partial charge in [-0.1, -0.05) is 0 Å². The molecule has 2 rings (SSSR count). The largest absolute Gasteiger partial charge is 0.397 e. The number of piperazine rings is 1. The van der Waals surface area contributed by atoms with Gasteiger partial charge in [-0.2, -0.15) is 0 Å². The van der Waals surface area contributed by atoms with Crippen LogP contribution in [0.2, 0.25) is 0 Å². The lowest BCUT2D eigenvalue weighted by atomic mass is 10.2. The van der Waals surface area contributed by atoms with Gasteiger partial charge in [0, 0.05) is 32.2 Å². The van der Waals surface area contributed by atoms with Crippen LogP contribution < -0.4 is 15.8 Å². The molecule has 1 aromatic rings. The predicted octanol–water partition coefficient (Wildman–Crippen LogP) is 0.447. The number of nitrogens with zero attached hydrogens (tertiary/aromatic N) is 2. The van der Waals surface area contributed by atoms with Crippen molar-refractivity contribution in [2.24, 2.45) is 5.14 Å². The van der Waals surface area contributed by atoms with Crippen LogP contribution in [0.4, 0.5) is 11.4 Å². The van der Waals surface area contributed by atoms with Crippen molar-refractivity contribution in [2.45, 2.75) is 24.8 Å². The van der Waals surface area contributed by atoms with Crippen molar-refractivity contribution in [2.75, 3.05) is 36.8 Å². The second-order valence-electron chi connectivity index (χ2n) is 5.38. The van der Waals surface area contributed by atoms with Crippen molar-refractivity contribution < 1.29 is 8.42 Å². The molecule has 1 heterocycles. The molecular formula is C13H22N4O2S. The quantitative estimate of drug-likeness (QED) is 0.790. The van der Waals surface area contributed by atoms with Gasteiger partial charge >= 0.3 is 0 Å². The minimum Gasteiger partial charge on any atom is -0.397 e. The second-order valence-corrected chi connectivity index (χ2v) is 6.94. The molecule has 0 spiro atoms. The molecule has 7 heteroatoms. The Morgan fingerprint density at radius 3 is 2.25 bits per heavy atom. The molecule has 0 unspecified atom stereocenters. The highest BCUT2D eigenvalue weighted by Crippen LogP contribution is 2.27. The standard InChI is InChI=1S/C13H22N4O2S/c1-10(2)16-5-7-17(8-6-16)13-9-11(20(15,18)19)3-4-12(13)14/h3-4,9-10H,5-8,14H2,1-2H3,(H2,15,18,19). The lowest BCUT2D eigenvalue weighted by Gasteiger charge is -2.38. The van der Waals surface area contributed by atoms with Crippen LogP contribution in [0.1, 0.15) is 13.8 Å². The van der Waals surface area contributed by atoms with E-state index in [1.54, 1.807) is 12.1 Å². The minimum absolute atomic E-state index is 0.105. The van der Waals surface area contributed by atoms with Gasteiger partial charge in [0.1, 0.15) is 0 Å². The average molecular weight is 298 g/mol. The maximum Gasteiger partial charge on any atom is 0.238 e. The van der Waals surface area contributed by atoms with E-state index < -0.39 is 10.0 Å². The molecule has 1 fully saturated rings. The summed E-state index contributed by atoms with van der Waals surface area (Å²) >= 11 is 0. The summed E-state index contributed by atoms with van der Waals surface area (Å²) in [5.41, 5.74) is 7.30. The number of nitrogen functional groups attached to an aromatic ring is 1. The third-order valence-corrected chi connectivity index (χ3v) is 4.63. The van der Waals surface area contributed by atoms with E-state index >= 15 is 0 Å². The third kappa shape index (κ3) is 3.23. The van der Waals surface area contributed by atoms with E-state index in [4.69, 9.17) is 10.9 Å². The SMILES string of the molecule is CC(C)N1CCN(c2cc(S(N)(=O)=O)ccc2N)CC1. The summed E-state index contributed by atoms with van der Waals surface area (Å²) < 4.78 is 22.9. The molecule has 0 aromatic heterocycles. The average Bonchev–Trinajstić information content (AvgIpc) is 2.38. The molecule has 0 atom stereocenters. The first-order chi connectivity index (χ1) is 9.29. The summed E-state index contributed by atoms with van der Waals surface area (Å²) in [6.07, 6.45) is 0. The Bertz CT molecular complexity index is 578. The highest BCUT2D eigenvalue weighted by atomic mass is 32.2. The summed E-state index contributed by atoms with van der Waals surface area (Å²) in [6.45, 7) is 7.89. The van der Waals surface area contributed by atoms with Crippen molar-refractivity contribution >= 4 is 21.4 Å². The smallest absolute Gasteiger partial charge is 0.238 e. The highest BCUT2D eigenvalue weighted by molar-refractivity contribution is 7.89. The number of primary sulfonamides is 1. The molecule has 1 aromatic carbocycles. The van der Waals surface area contributed by atoms with Gasteiger partial charge in [-0.05, 0) is 32.0 Å². The molecule has 0 bridgehead atoms. The van der Waals surface area contributed by atoms with Crippen LogP contribution in [0.25, 0.3) is 0 Å². The first-order valence-corrected chi connectivity index (χ1v) is 8.25. The molecule has 0 radical (unpaired) electrons. The van der Waals surface area contributed by atoms with E-state index in [2.05, 4.69) is 23.6 Å². The highest BCUT2D eigenvalue weighted by Gasteiger charge is 2.21. The Kier molecular flexibility index (Phi) is 4.22. The fraction of sp³-hybridized carbons (Fsp3) is 0.538. The summed E-state index contributed by atoms with van der Waals surface area (Å²) in [6, 6.07) is 5.13. The number of rotatable bonds is 3. The Hall–Kier alpha value is -1.31. The fourth-order valence-electron chi connectivity index (χ4n) is 2.45. The Morgan fingerprint density at radius 1 is 1.15 bits per heavy atom. The number of hydrogen-bond acceptors (Lipinski definition) is 5. The molecular weight excluding hydrogens is 276 g/mol. The van der Waals surface area contributed by atoms with Gasteiger partial charge in [0.25, 0.3) is 0 Å². The van der Waals surface area contributed by atoms with Gasteiger partial charge in [0.05, 0.1) is 16.3 Å². The zero-order valence-corrected chi connectivity index (χ0v) is 12.7. The lowest BCUT2D eigenvalue weighted by molar-refractivity contribution is 0.209. The zero-order chi connectivity index (χ0) is 14.9. The number of sulfonamides is 1. The molecule has 1 aliphatic heterocycles. The van der Waals surface area contributed by atoms with Crippen LogP contribution in [0.15, 0.2) is 23.1 Å². The predicted molar refractivity (Wildman–Crippen MR) is 81.1 cm³/mol. The Labute approximate surface area is 120 Å². The van der Waals surface area contributed by atoms with Crippen molar-refractivity contribution in [3.05, 3.63) is 18.2 Å². The van der Waals surface area contributed by atoms with E-state index in [1.807, 2.05) is 0 Å². The van der Waals surface area contributed by atoms with Crippen molar-refractivity contribution in [3.8, 4) is 0 Å². The Morgan fingerprint density at radius 2 is 1.75 bits per heavy atom. The maximum atomic E-state index is 11.4. The van der Waals surface area contributed by atoms with Gasteiger partial charge in [-0.15, -0.1) is 0 Å². The first-order valence-electron chi connectivity index (χ1n) is 6.70. The molecule has 0 aliphatic carbocycles. The van der Waals surface area contributed by atoms with E-state index in [0.29, 0.717) is 11.7 Å². The van der Waals surface area contributed by atoms with Gasteiger partial charge in [-0.3, -0.25) is 4.90 Å². The van der Waals surface area contributed by atoms with E-state index in [-0.39, 0.29) is 4.90 Å². The second kappa shape index (κ2) is 5.59. The summed E-state index contributed by atoms with van der Waals surface area (Å²) in [5, 5.41) is 5.17. The van der Waals surface area contributed by atoms with E-state index in [1.165, 1.54) is 6.07 Å². The van der Waals surface area contributed by atoms with Crippen LogP contribution >= 0.6 is 0 Å². The van der Waals surface area contributed by atoms with Crippen LogP contribution in [0.3, 0.4) is 0 Å². The van der Waals surface area contributed by atoms with Crippen molar-refractivity contribution in [1.29, 1.82) is 0 Å². The molecule has 4 N–H and O–H groups in total. The van der Waals surface area contributed by atoms with Gasteiger partial charge < -0.3 is 10.6 Å². The summed E-state index contributed by atoms with van der Waals surface area (Å²) in [4.78, 5) is 4.60. The zero-order valence-electron chi connectivity index (χ0n) is 11.9. The van der Waals surface area contributed by atoms with Crippen molar-refractivity contribution in [3.63, 3.8) is 0 Å². The minimum atomic E-state index is -3.70. The van der Waals surface area contributed by atoms with Crippen LogP contribution in [-0.4, -0.2) is 45.5 Å². The maximum absolute atomic E-state index is 11.4. The number of nitrogens with two attached hydrogens (primary N) is 2. The van der Waals surface area contributed by atoms with Gasteiger partial charge in [0.15, 0.2) is 0 Å². The Balaban J connectivity index is 2.22.